The van der Waals surface area contributed by atoms with Gasteiger partial charge in [-0.2, -0.15) is 0 Å². The Labute approximate surface area is 98.7 Å². The first-order valence-corrected chi connectivity index (χ1v) is 5.97. The lowest BCUT2D eigenvalue weighted by atomic mass is 10.1. The van der Waals surface area contributed by atoms with Crippen LogP contribution in [0.5, 0.6) is 0 Å². The Hall–Kier alpha value is -1.09. The van der Waals surface area contributed by atoms with Crippen LogP contribution in [-0.2, 0) is 6.42 Å². The zero-order chi connectivity index (χ0) is 12.0. The number of hydrogen-bond acceptors (Lipinski definition) is 3. The summed E-state index contributed by atoms with van der Waals surface area (Å²) in [6.07, 6.45) is 3.98. The molecule has 0 unspecified atom stereocenters. The van der Waals surface area contributed by atoms with Gasteiger partial charge in [0.1, 0.15) is 0 Å². The lowest BCUT2D eigenvalue weighted by molar-refractivity contribution is 0.313. The maximum atomic E-state index is 5.59. The minimum atomic E-state index is 0.733. The Balaban J connectivity index is 2.26. The van der Waals surface area contributed by atoms with E-state index in [1.165, 1.54) is 6.42 Å². The molecule has 0 aliphatic heterocycles. The Bertz CT molecular complexity index is 293. The predicted octanol–water partition coefficient (Wildman–Crippen LogP) is 2.18. The number of pyridine rings is 1. The van der Waals surface area contributed by atoms with Gasteiger partial charge < -0.3 is 10.6 Å². The van der Waals surface area contributed by atoms with E-state index in [0.717, 1.165) is 36.8 Å². The SMILES string of the molecule is CC(C)CCN(C)CCc1ccc(N)cn1. The third kappa shape index (κ3) is 5.12. The molecule has 0 radical (unpaired) electrons. The van der Waals surface area contributed by atoms with E-state index in [0.29, 0.717) is 0 Å². The number of rotatable bonds is 6. The van der Waals surface area contributed by atoms with E-state index >= 15 is 0 Å². The molecule has 0 saturated heterocycles. The van der Waals surface area contributed by atoms with Crippen LogP contribution in [0.1, 0.15) is 26.0 Å². The van der Waals surface area contributed by atoms with Crippen molar-refractivity contribution in [2.45, 2.75) is 26.7 Å². The van der Waals surface area contributed by atoms with Crippen LogP contribution in [0.2, 0.25) is 0 Å². The van der Waals surface area contributed by atoms with E-state index in [4.69, 9.17) is 5.73 Å². The summed E-state index contributed by atoms with van der Waals surface area (Å²) < 4.78 is 0. The van der Waals surface area contributed by atoms with Gasteiger partial charge in [-0.3, -0.25) is 4.98 Å². The molecule has 2 N–H and O–H groups in total. The highest BCUT2D eigenvalue weighted by Gasteiger charge is 2.01. The van der Waals surface area contributed by atoms with E-state index in [1.54, 1.807) is 6.20 Å². The van der Waals surface area contributed by atoms with Crippen molar-refractivity contribution in [1.82, 2.24) is 9.88 Å². The quantitative estimate of drug-likeness (QED) is 0.800. The Morgan fingerprint density at radius 1 is 1.31 bits per heavy atom. The zero-order valence-electron chi connectivity index (χ0n) is 10.6. The highest BCUT2D eigenvalue weighted by molar-refractivity contribution is 5.34. The first-order valence-electron chi connectivity index (χ1n) is 5.97. The van der Waals surface area contributed by atoms with Gasteiger partial charge in [-0.25, -0.2) is 0 Å². The predicted molar refractivity (Wildman–Crippen MR) is 69.3 cm³/mol. The summed E-state index contributed by atoms with van der Waals surface area (Å²) in [6, 6.07) is 3.92. The standard InChI is InChI=1S/C13H23N3/c1-11(2)6-8-16(3)9-7-13-5-4-12(14)10-15-13/h4-5,10-11H,6-9,14H2,1-3H3. The van der Waals surface area contributed by atoms with Gasteiger partial charge in [0.25, 0.3) is 0 Å². The summed E-state index contributed by atoms with van der Waals surface area (Å²) in [7, 11) is 2.17. The van der Waals surface area contributed by atoms with Crippen molar-refractivity contribution >= 4 is 5.69 Å². The second-order valence-electron chi connectivity index (χ2n) is 4.82. The van der Waals surface area contributed by atoms with E-state index in [2.05, 4.69) is 30.8 Å². The Kier molecular flexibility index (Phi) is 5.26. The first kappa shape index (κ1) is 13.0. The molecule has 0 bridgehead atoms. The van der Waals surface area contributed by atoms with Gasteiger partial charge in [-0.05, 0) is 38.1 Å². The van der Waals surface area contributed by atoms with Crippen LogP contribution in [-0.4, -0.2) is 30.0 Å². The summed E-state index contributed by atoms with van der Waals surface area (Å²) in [5.74, 6) is 0.775. The monoisotopic (exact) mass is 221 g/mol. The average Bonchev–Trinajstić information content (AvgIpc) is 2.25. The molecule has 0 spiro atoms. The topological polar surface area (TPSA) is 42.1 Å². The van der Waals surface area contributed by atoms with Gasteiger partial charge in [0.15, 0.2) is 0 Å². The van der Waals surface area contributed by atoms with E-state index in [1.807, 2.05) is 12.1 Å². The van der Waals surface area contributed by atoms with Crippen molar-refractivity contribution in [3.05, 3.63) is 24.0 Å². The molecule has 1 aromatic heterocycles. The number of hydrogen-bond donors (Lipinski definition) is 1. The van der Waals surface area contributed by atoms with Crippen LogP contribution < -0.4 is 5.73 Å². The van der Waals surface area contributed by atoms with Gasteiger partial charge in [0.2, 0.25) is 0 Å². The van der Waals surface area contributed by atoms with Crippen LogP contribution in [0.15, 0.2) is 18.3 Å². The van der Waals surface area contributed by atoms with Gasteiger partial charge in [-0.15, -0.1) is 0 Å². The molecule has 1 heterocycles. The molecule has 1 rings (SSSR count). The Morgan fingerprint density at radius 2 is 2.06 bits per heavy atom. The smallest absolute Gasteiger partial charge is 0.0501 e. The molecule has 0 aliphatic rings. The summed E-state index contributed by atoms with van der Waals surface area (Å²) in [5.41, 5.74) is 7.44. The van der Waals surface area contributed by atoms with Crippen LogP contribution in [0.3, 0.4) is 0 Å². The normalized spacial score (nSPS) is 11.3. The maximum absolute atomic E-state index is 5.59. The molecular weight excluding hydrogens is 198 g/mol. The molecule has 0 aliphatic carbocycles. The number of aromatic nitrogens is 1. The zero-order valence-corrected chi connectivity index (χ0v) is 10.6. The lowest BCUT2D eigenvalue weighted by Crippen LogP contribution is -2.23. The maximum Gasteiger partial charge on any atom is 0.0501 e. The molecule has 0 saturated carbocycles. The summed E-state index contributed by atoms with van der Waals surface area (Å²) in [6.45, 7) is 6.74. The summed E-state index contributed by atoms with van der Waals surface area (Å²) in [4.78, 5) is 6.65. The van der Waals surface area contributed by atoms with Gasteiger partial charge in [-0.1, -0.05) is 13.8 Å². The highest BCUT2D eigenvalue weighted by Crippen LogP contribution is 2.04. The molecule has 0 aromatic carbocycles. The molecule has 1 aromatic rings. The molecule has 3 heteroatoms. The molecule has 0 atom stereocenters. The molecule has 16 heavy (non-hydrogen) atoms. The number of nitrogen functional groups attached to an aromatic ring is 1. The van der Waals surface area contributed by atoms with Crippen LogP contribution in [0, 0.1) is 5.92 Å². The molecule has 0 fully saturated rings. The minimum Gasteiger partial charge on any atom is -0.397 e. The molecule has 3 nitrogen and oxygen atoms in total. The molecular formula is C13H23N3. The third-order valence-electron chi connectivity index (χ3n) is 2.69. The number of nitrogens with zero attached hydrogens (tertiary/aromatic N) is 2. The highest BCUT2D eigenvalue weighted by atomic mass is 15.1. The van der Waals surface area contributed by atoms with Crippen molar-refractivity contribution in [3.8, 4) is 0 Å². The molecule has 90 valence electrons. The van der Waals surface area contributed by atoms with Crippen LogP contribution >= 0.6 is 0 Å². The van der Waals surface area contributed by atoms with Gasteiger partial charge in [0.05, 0.1) is 11.9 Å². The fraction of sp³-hybridized carbons (Fsp3) is 0.615. The first-order chi connectivity index (χ1) is 7.58. The largest absolute Gasteiger partial charge is 0.397 e. The lowest BCUT2D eigenvalue weighted by Gasteiger charge is -2.17. The average molecular weight is 221 g/mol. The Morgan fingerprint density at radius 3 is 2.62 bits per heavy atom. The van der Waals surface area contributed by atoms with Gasteiger partial charge in [0, 0.05) is 18.7 Å². The number of likely N-dealkylation sites (N-methyl/N-ethyl adjacent to an activating group) is 1. The fourth-order valence-corrected chi connectivity index (χ4v) is 1.48. The van der Waals surface area contributed by atoms with E-state index in [-0.39, 0.29) is 0 Å². The molecule has 0 amide bonds. The second kappa shape index (κ2) is 6.48. The van der Waals surface area contributed by atoms with E-state index in [9.17, 15) is 0 Å². The summed E-state index contributed by atoms with van der Waals surface area (Å²) in [5, 5.41) is 0. The van der Waals surface area contributed by atoms with Gasteiger partial charge >= 0.3 is 0 Å². The number of nitrogens with two attached hydrogens (primary N) is 1. The minimum absolute atomic E-state index is 0.733. The van der Waals surface area contributed by atoms with Crippen molar-refractivity contribution < 1.29 is 0 Å². The van der Waals surface area contributed by atoms with Crippen molar-refractivity contribution in [2.75, 3.05) is 25.9 Å². The van der Waals surface area contributed by atoms with Crippen molar-refractivity contribution in [2.24, 2.45) is 5.92 Å². The summed E-state index contributed by atoms with van der Waals surface area (Å²) >= 11 is 0. The second-order valence-corrected chi connectivity index (χ2v) is 4.82. The van der Waals surface area contributed by atoms with Crippen molar-refractivity contribution in [3.63, 3.8) is 0 Å². The van der Waals surface area contributed by atoms with Crippen LogP contribution in [0.25, 0.3) is 0 Å². The number of anilines is 1. The van der Waals surface area contributed by atoms with E-state index < -0.39 is 0 Å². The third-order valence-corrected chi connectivity index (χ3v) is 2.69. The fourth-order valence-electron chi connectivity index (χ4n) is 1.48. The van der Waals surface area contributed by atoms with Crippen LogP contribution in [0.4, 0.5) is 5.69 Å². The van der Waals surface area contributed by atoms with Crippen molar-refractivity contribution in [1.29, 1.82) is 0 Å².